The summed E-state index contributed by atoms with van der Waals surface area (Å²) >= 11 is 0. The summed E-state index contributed by atoms with van der Waals surface area (Å²) < 4.78 is 27.6. The van der Waals surface area contributed by atoms with E-state index in [4.69, 9.17) is 23.7 Å². The van der Waals surface area contributed by atoms with Gasteiger partial charge in [0, 0.05) is 6.92 Å². The second-order valence-corrected chi connectivity index (χ2v) is 8.58. The molecule has 4 rings (SSSR count). The van der Waals surface area contributed by atoms with Gasteiger partial charge in [-0.05, 0) is 36.4 Å². The fraction of sp³-hybridized carbons (Fsp3) is 0.241. The summed E-state index contributed by atoms with van der Waals surface area (Å²) in [5, 5.41) is 10.9. The first-order chi connectivity index (χ1) is 18.8. The Hall–Kier alpha value is -4.54. The number of aliphatic hydroxyl groups excluding tert-OH is 1. The molecule has 0 radical (unpaired) electrons. The molecular formula is C29H26O10. The van der Waals surface area contributed by atoms with Gasteiger partial charge in [0.15, 0.2) is 24.6 Å². The van der Waals surface area contributed by atoms with E-state index in [0.29, 0.717) is 0 Å². The predicted octanol–water partition coefficient (Wildman–Crippen LogP) is 2.94. The second kappa shape index (κ2) is 12.8. The van der Waals surface area contributed by atoms with E-state index >= 15 is 0 Å². The third-order valence-corrected chi connectivity index (χ3v) is 5.82. The lowest BCUT2D eigenvalue weighted by Gasteiger charge is -2.42. The molecule has 1 unspecified atom stereocenters. The summed E-state index contributed by atoms with van der Waals surface area (Å²) in [6.07, 6.45) is -7.67. The van der Waals surface area contributed by atoms with Crippen molar-refractivity contribution in [2.45, 2.75) is 37.6 Å². The minimum absolute atomic E-state index is 0.163. The molecule has 3 aromatic carbocycles. The van der Waals surface area contributed by atoms with Crippen molar-refractivity contribution >= 4 is 23.9 Å². The Bertz CT molecular complexity index is 1280. The van der Waals surface area contributed by atoms with Crippen LogP contribution in [0.3, 0.4) is 0 Å². The molecule has 10 heteroatoms. The Balaban J connectivity index is 1.69. The molecule has 0 aromatic heterocycles. The van der Waals surface area contributed by atoms with Gasteiger partial charge in [-0.25, -0.2) is 14.4 Å². The van der Waals surface area contributed by atoms with Crippen LogP contribution < -0.4 is 0 Å². The highest BCUT2D eigenvalue weighted by Crippen LogP contribution is 2.30. The second-order valence-electron chi connectivity index (χ2n) is 8.58. The zero-order valence-corrected chi connectivity index (χ0v) is 20.9. The van der Waals surface area contributed by atoms with Crippen LogP contribution in [-0.4, -0.2) is 66.3 Å². The third kappa shape index (κ3) is 7.07. The lowest BCUT2D eigenvalue weighted by atomic mass is 9.97. The quantitative estimate of drug-likeness (QED) is 0.339. The number of hydrogen-bond acceptors (Lipinski definition) is 10. The maximum atomic E-state index is 13.1. The molecule has 1 heterocycles. The van der Waals surface area contributed by atoms with Gasteiger partial charge in [0.2, 0.25) is 0 Å². The van der Waals surface area contributed by atoms with Gasteiger partial charge in [0.05, 0.1) is 16.7 Å². The monoisotopic (exact) mass is 534 g/mol. The summed E-state index contributed by atoms with van der Waals surface area (Å²) in [5.74, 6) is -3.13. The normalized spacial score (nSPS) is 22.3. The highest BCUT2D eigenvalue weighted by atomic mass is 16.7. The maximum absolute atomic E-state index is 13.1. The van der Waals surface area contributed by atoms with E-state index in [1.165, 1.54) is 43.3 Å². The number of ether oxygens (including phenoxy) is 5. The van der Waals surface area contributed by atoms with Crippen LogP contribution in [0.5, 0.6) is 0 Å². The van der Waals surface area contributed by atoms with Crippen molar-refractivity contribution in [3.05, 3.63) is 108 Å². The zero-order valence-electron chi connectivity index (χ0n) is 20.9. The molecule has 0 saturated carbocycles. The van der Waals surface area contributed by atoms with Crippen LogP contribution in [0.25, 0.3) is 0 Å². The number of rotatable bonds is 8. The highest BCUT2D eigenvalue weighted by Gasteiger charge is 2.52. The van der Waals surface area contributed by atoms with Crippen LogP contribution in [0, 0.1) is 0 Å². The van der Waals surface area contributed by atoms with Crippen molar-refractivity contribution in [1.29, 1.82) is 0 Å². The molecule has 3 aromatic rings. The number of carbonyl (C=O) groups excluding carboxylic acids is 4. The van der Waals surface area contributed by atoms with Gasteiger partial charge >= 0.3 is 23.9 Å². The van der Waals surface area contributed by atoms with Crippen molar-refractivity contribution in [3.63, 3.8) is 0 Å². The number of benzene rings is 3. The summed E-state index contributed by atoms with van der Waals surface area (Å²) in [7, 11) is 0. The minimum atomic E-state index is -1.82. The largest absolute Gasteiger partial charge is 0.463 e. The molecule has 1 aliphatic heterocycles. The Morgan fingerprint density at radius 2 is 1.03 bits per heavy atom. The number of carbonyl (C=O) groups is 4. The van der Waals surface area contributed by atoms with E-state index in [2.05, 4.69) is 0 Å². The highest BCUT2D eigenvalue weighted by molar-refractivity contribution is 5.91. The molecule has 1 N–H and O–H groups in total. The molecule has 5 atom stereocenters. The molecule has 1 aliphatic rings. The Morgan fingerprint density at radius 1 is 0.641 bits per heavy atom. The Kier molecular flexibility index (Phi) is 9.03. The molecule has 0 bridgehead atoms. The van der Waals surface area contributed by atoms with E-state index in [-0.39, 0.29) is 16.7 Å². The van der Waals surface area contributed by atoms with Crippen molar-refractivity contribution in [2.75, 3.05) is 6.61 Å². The maximum Gasteiger partial charge on any atom is 0.338 e. The first kappa shape index (κ1) is 27.5. The molecule has 0 amide bonds. The molecule has 1 fully saturated rings. The number of hydrogen-bond donors (Lipinski definition) is 1. The van der Waals surface area contributed by atoms with Crippen molar-refractivity contribution in [1.82, 2.24) is 0 Å². The Morgan fingerprint density at radius 3 is 1.44 bits per heavy atom. The molecule has 0 spiro atoms. The molecule has 39 heavy (non-hydrogen) atoms. The molecule has 202 valence electrons. The van der Waals surface area contributed by atoms with E-state index < -0.39 is 61.2 Å². The summed E-state index contributed by atoms with van der Waals surface area (Å²) in [5.41, 5.74) is 0.509. The first-order valence-corrected chi connectivity index (χ1v) is 12.1. The summed E-state index contributed by atoms with van der Waals surface area (Å²) in [6.45, 7) is 0.722. The lowest BCUT2D eigenvalue weighted by Crippen LogP contribution is -2.62. The van der Waals surface area contributed by atoms with Gasteiger partial charge in [0.25, 0.3) is 0 Å². The average molecular weight is 535 g/mol. The van der Waals surface area contributed by atoms with E-state index in [1.54, 1.807) is 54.6 Å². The smallest absolute Gasteiger partial charge is 0.338 e. The average Bonchev–Trinajstić information content (AvgIpc) is 2.96. The fourth-order valence-corrected chi connectivity index (χ4v) is 3.93. The first-order valence-electron chi connectivity index (χ1n) is 12.1. The van der Waals surface area contributed by atoms with Crippen LogP contribution in [-0.2, 0) is 28.5 Å². The van der Waals surface area contributed by atoms with Crippen LogP contribution in [0.15, 0.2) is 91.0 Å². The van der Waals surface area contributed by atoms with Gasteiger partial charge < -0.3 is 28.8 Å². The predicted molar refractivity (Wildman–Crippen MR) is 134 cm³/mol. The van der Waals surface area contributed by atoms with Crippen LogP contribution in [0.4, 0.5) is 0 Å². The van der Waals surface area contributed by atoms with Gasteiger partial charge in [-0.15, -0.1) is 0 Å². The molecule has 0 aliphatic carbocycles. The van der Waals surface area contributed by atoms with Crippen molar-refractivity contribution in [2.24, 2.45) is 0 Å². The van der Waals surface area contributed by atoms with E-state index in [0.717, 1.165) is 0 Å². The third-order valence-electron chi connectivity index (χ3n) is 5.82. The molecule has 10 nitrogen and oxygen atoms in total. The number of esters is 4. The van der Waals surface area contributed by atoms with Gasteiger partial charge in [-0.3, -0.25) is 4.79 Å². The van der Waals surface area contributed by atoms with Crippen LogP contribution >= 0.6 is 0 Å². The minimum Gasteiger partial charge on any atom is -0.463 e. The summed E-state index contributed by atoms with van der Waals surface area (Å²) in [4.78, 5) is 50.5. The lowest BCUT2D eigenvalue weighted by molar-refractivity contribution is -0.285. The topological polar surface area (TPSA) is 135 Å². The van der Waals surface area contributed by atoms with Gasteiger partial charge in [-0.1, -0.05) is 54.6 Å². The zero-order chi connectivity index (χ0) is 27.8. The van der Waals surface area contributed by atoms with Crippen LogP contribution in [0.2, 0.25) is 0 Å². The number of aliphatic hydroxyl groups is 1. The molecular weight excluding hydrogens is 508 g/mol. The Labute approximate surface area is 224 Å². The fourth-order valence-electron chi connectivity index (χ4n) is 3.93. The van der Waals surface area contributed by atoms with Crippen molar-refractivity contribution < 1.29 is 48.0 Å². The van der Waals surface area contributed by atoms with E-state index in [1.807, 2.05) is 0 Å². The SMILES string of the molecule is CC(=O)OC[C@H]1OC(O)[C@H](OC(=O)c2ccccc2)[C@@H](OC(=O)c2ccccc2)[C@H]1OC(=O)c1ccccc1. The van der Waals surface area contributed by atoms with Crippen LogP contribution in [0.1, 0.15) is 38.0 Å². The van der Waals surface area contributed by atoms with Crippen molar-refractivity contribution in [3.8, 4) is 0 Å². The standard InChI is InChI=1S/C29H26O10/c1-18(30)35-17-22-23(37-26(31)19-11-5-2-6-12-19)24(38-27(32)20-13-7-3-8-14-20)25(29(34)36-22)39-28(33)21-15-9-4-10-16-21/h2-16,22-25,29,34H,17H2,1H3/t22-,23+,24+,25-,29?/m1/s1. The van der Waals surface area contributed by atoms with Gasteiger partial charge in [-0.2, -0.15) is 0 Å². The van der Waals surface area contributed by atoms with Gasteiger partial charge in [0.1, 0.15) is 12.7 Å². The molecule has 1 saturated heterocycles. The van der Waals surface area contributed by atoms with E-state index in [9.17, 15) is 24.3 Å². The summed E-state index contributed by atoms with van der Waals surface area (Å²) in [6, 6.07) is 23.9.